The third-order valence-corrected chi connectivity index (χ3v) is 3.64. The van der Waals surface area contributed by atoms with Gasteiger partial charge >= 0.3 is 0 Å². The molecule has 0 radical (unpaired) electrons. The Kier molecular flexibility index (Phi) is 4.29. The van der Waals surface area contributed by atoms with Gasteiger partial charge in [-0.1, -0.05) is 37.5 Å². The highest BCUT2D eigenvalue weighted by molar-refractivity contribution is 5.98. The number of rotatable bonds is 4. The standard InChI is InChI=1S/C16H20O2/c1-12(17)10-13-6-5-9-15(11-13)16(18)14-7-3-2-4-8-14/h5-6,9,11,14H,2-4,7-8,10H2,1H3. The number of carbonyl (C=O) groups excluding carboxylic acids is 2. The van der Waals surface area contributed by atoms with E-state index in [-0.39, 0.29) is 17.5 Å². The molecule has 1 aromatic carbocycles. The van der Waals surface area contributed by atoms with E-state index in [1.165, 1.54) is 19.3 Å². The van der Waals surface area contributed by atoms with Gasteiger partial charge in [0.1, 0.15) is 5.78 Å². The number of hydrogen-bond donors (Lipinski definition) is 0. The van der Waals surface area contributed by atoms with Crippen molar-refractivity contribution in [2.24, 2.45) is 5.92 Å². The van der Waals surface area contributed by atoms with Gasteiger partial charge in [0, 0.05) is 17.9 Å². The van der Waals surface area contributed by atoms with Gasteiger partial charge in [0.05, 0.1) is 0 Å². The molecule has 1 aromatic rings. The minimum Gasteiger partial charge on any atom is -0.300 e. The average Bonchev–Trinajstić information content (AvgIpc) is 2.38. The van der Waals surface area contributed by atoms with Crippen molar-refractivity contribution in [1.29, 1.82) is 0 Å². The summed E-state index contributed by atoms with van der Waals surface area (Å²) in [6, 6.07) is 7.56. The fourth-order valence-electron chi connectivity index (χ4n) is 2.72. The van der Waals surface area contributed by atoms with E-state index in [2.05, 4.69) is 0 Å². The normalized spacial score (nSPS) is 16.5. The molecule has 0 aliphatic heterocycles. The topological polar surface area (TPSA) is 34.1 Å². The lowest BCUT2D eigenvalue weighted by molar-refractivity contribution is -0.116. The molecular formula is C16H20O2. The van der Waals surface area contributed by atoms with E-state index < -0.39 is 0 Å². The molecule has 0 amide bonds. The van der Waals surface area contributed by atoms with E-state index in [1.54, 1.807) is 6.92 Å². The van der Waals surface area contributed by atoms with E-state index in [4.69, 9.17) is 0 Å². The summed E-state index contributed by atoms with van der Waals surface area (Å²) in [5, 5.41) is 0. The summed E-state index contributed by atoms with van der Waals surface area (Å²) in [7, 11) is 0. The second kappa shape index (κ2) is 5.94. The molecule has 0 spiro atoms. The number of hydrogen-bond acceptors (Lipinski definition) is 2. The van der Waals surface area contributed by atoms with Gasteiger partial charge < -0.3 is 0 Å². The van der Waals surface area contributed by atoms with Crippen LogP contribution in [0.5, 0.6) is 0 Å². The van der Waals surface area contributed by atoms with E-state index in [9.17, 15) is 9.59 Å². The second-order valence-corrected chi connectivity index (χ2v) is 5.28. The first-order valence-corrected chi connectivity index (χ1v) is 6.79. The molecule has 0 N–H and O–H groups in total. The van der Waals surface area contributed by atoms with Gasteiger partial charge in [0.15, 0.2) is 5.78 Å². The molecule has 0 bridgehead atoms. The maximum atomic E-state index is 12.4. The Balaban J connectivity index is 2.11. The molecule has 0 heterocycles. The first-order chi connectivity index (χ1) is 8.66. The zero-order chi connectivity index (χ0) is 13.0. The number of benzene rings is 1. The summed E-state index contributed by atoms with van der Waals surface area (Å²) in [5.74, 6) is 0.601. The van der Waals surface area contributed by atoms with Crippen molar-refractivity contribution in [2.45, 2.75) is 45.4 Å². The minimum absolute atomic E-state index is 0.136. The highest BCUT2D eigenvalue weighted by Crippen LogP contribution is 2.27. The van der Waals surface area contributed by atoms with Gasteiger partial charge in [-0.3, -0.25) is 9.59 Å². The molecule has 18 heavy (non-hydrogen) atoms. The van der Waals surface area contributed by atoms with Crippen LogP contribution in [0.15, 0.2) is 24.3 Å². The summed E-state index contributed by atoms with van der Waals surface area (Å²) in [6.45, 7) is 1.58. The van der Waals surface area contributed by atoms with Gasteiger partial charge in [-0.25, -0.2) is 0 Å². The lowest BCUT2D eigenvalue weighted by Crippen LogP contribution is -2.18. The Morgan fingerprint density at radius 1 is 1.17 bits per heavy atom. The molecular weight excluding hydrogens is 224 g/mol. The monoisotopic (exact) mass is 244 g/mol. The third-order valence-electron chi connectivity index (χ3n) is 3.64. The molecule has 2 rings (SSSR count). The molecule has 1 aliphatic rings. The summed E-state index contributed by atoms with van der Waals surface area (Å²) in [6.07, 6.45) is 6.07. The van der Waals surface area contributed by atoms with E-state index in [0.29, 0.717) is 6.42 Å². The maximum absolute atomic E-state index is 12.4. The van der Waals surface area contributed by atoms with E-state index >= 15 is 0 Å². The van der Waals surface area contributed by atoms with Crippen LogP contribution in [0, 0.1) is 5.92 Å². The van der Waals surface area contributed by atoms with E-state index in [0.717, 1.165) is 24.0 Å². The van der Waals surface area contributed by atoms with Crippen LogP contribution in [0.4, 0.5) is 0 Å². The van der Waals surface area contributed by atoms with E-state index in [1.807, 2.05) is 24.3 Å². The minimum atomic E-state index is 0.136. The lowest BCUT2D eigenvalue weighted by atomic mass is 9.83. The highest BCUT2D eigenvalue weighted by atomic mass is 16.1. The molecule has 0 unspecified atom stereocenters. The van der Waals surface area contributed by atoms with Gasteiger partial charge in [-0.05, 0) is 31.4 Å². The van der Waals surface area contributed by atoms with Crippen molar-refractivity contribution in [2.75, 3.05) is 0 Å². The molecule has 0 aromatic heterocycles. The largest absolute Gasteiger partial charge is 0.300 e. The molecule has 2 heteroatoms. The summed E-state index contributed by atoms with van der Waals surface area (Å²) in [4.78, 5) is 23.5. The van der Waals surface area contributed by atoms with Crippen LogP contribution < -0.4 is 0 Å². The summed E-state index contributed by atoms with van der Waals surface area (Å²) in [5.41, 5.74) is 1.73. The lowest BCUT2D eigenvalue weighted by Gasteiger charge is -2.20. The Bertz CT molecular complexity index is 442. The zero-order valence-corrected chi connectivity index (χ0v) is 10.9. The Morgan fingerprint density at radius 2 is 1.89 bits per heavy atom. The predicted octanol–water partition coefficient (Wildman–Crippen LogP) is 3.58. The van der Waals surface area contributed by atoms with Crippen molar-refractivity contribution in [3.05, 3.63) is 35.4 Å². The van der Waals surface area contributed by atoms with Crippen molar-refractivity contribution in [3.63, 3.8) is 0 Å². The average molecular weight is 244 g/mol. The molecule has 1 fully saturated rings. The first kappa shape index (κ1) is 13.0. The van der Waals surface area contributed by atoms with Gasteiger partial charge in [0.2, 0.25) is 0 Å². The van der Waals surface area contributed by atoms with Gasteiger partial charge in [-0.15, -0.1) is 0 Å². The van der Waals surface area contributed by atoms with Crippen molar-refractivity contribution < 1.29 is 9.59 Å². The van der Waals surface area contributed by atoms with Crippen molar-refractivity contribution in [3.8, 4) is 0 Å². The molecule has 0 atom stereocenters. The van der Waals surface area contributed by atoms with Crippen LogP contribution in [-0.2, 0) is 11.2 Å². The van der Waals surface area contributed by atoms with Crippen molar-refractivity contribution >= 4 is 11.6 Å². The fourth-order valence-corrected chi connectivity index (χ4v) is 2.72. The van der Waals surface area contributed by atoms with Crippen LogP contribution >= 0.6 is 0 Å². The molecule has 1 saturated carbocycles. The maximum Gasteiger partial charge on any atom is 0.165 e. The summed E-state index contributed by atoms with van der Waals surface area (Å²) < 4.78 is 0. The number of Topliss-reactive ketones (excluding diaryl/α,β-unsaturated/α-hetero) is 2. The zero-order valence-electron chi connectivity index (χ0n) is 10.9. The van der Waals surface area contributed by atoms with Crippen LogP contribution in [0.25, 0.3) is 0 Å². The number of ketones is 2. The number of carbonyl (C=O) groups is 2. The van der Waals surface area contributed by atoms with Crippen molar-refractivity contribution in [1.82, 2.24) is 0 Å². The Labute approximate surface area is 108 Å². The fraction of sp³-hybridized carbons (Fsp3) is 0.500. The van der Waals surface area contributed by atoms with Gasteiger partial charge in [0.25, 0.3) is 0 Å². The van der Waals surface area contributed by atoms with Gasteiger partial charge in [-0.2, -0.15) is 0 Å². The van der Waals surface area contributed by atoms with Crippen LogP contribution in [0.3, 0.4) is 0 Å². The van der Waals surface area contributed by atoms with Crippen LogP contribution in [0.1, 0.15) is 54.9 Å². The van der Waals surface area contributed by atoms with Crippen LogP contribution in [0.2, 0.25) is 0 Å². The molecule has 1 aliphatic carbocycles. The Morgan fingerprint density at radius 3 is 2.56 bits per heavy atom. The predicted molar refractivity (Wildman–Crippen MR) is 71.7 cm³/mol. The Hall–Kier alpha value is -1.44. The summed E-state index contributed by atoms with van der Waals surface area (Å²) >= 11 is 0. The first-order valence-electron chi connectivity index (χ1n) is 6.79. The molecule has 0 saturated heterocycles. The van der Waals surface area contributed by atoms with Crippen LogP contribution in [-0.4, -0.2) is 11.6 Å². The second-order valence-electron chi connectivity index (χ2n) is 5.28. The quantitative estimate of drug-likeness (QED) is 0.759. The SMILES string of the molecule is CC(=O)Cc1cccc(C(=O)C2CCCCC2)c1. The smallest absolute Gasteiger partial charge is 0.165 e. The third kappa shape index (κ3) is 3.28. The highest BCUT2D eigenvalue weighted by Gasteiger charge is 2.22. The molecule has 96 valence electrons. The molecule has 2 nitrogen and oxygen atoms in total.